The van der Waals surface area contributed by atoms with Crippen molar-refractivity contribution in [1.29, 1.82) is 5.26 Å². The summed E-state index contributed by atoms with van der Waals surface area (Å²) in [6.07, 6.45) is 1.26. The second kappa shape index (κ2) is 7.22. The third-order valence-corrected chi connectivity index (χ3v) is 6.26. The lowest BCUT2D eigenvalue weighted by Gasteiger charge is -2.38. The van der Waals surface area contributed by atoms with Crippen molar-refractivity contribution in [3.8, 4) is 11.8 Å². The fourth-order valence-electron chi connectivity index (χ4n) is 4.26. The number of nitrogens with zero attached hydrogens (tertiary/aromatic N) is 3. The van der Waals surface area contributed by atoms with Crippen LogP contribution in [0, 0.1) is 22.6 Å². The van der Waals surface area contributed by atoms with Crippen LogP contribution in [0.2, 0.25) is 0 Å². The summed E-state index contributed by atoms with van der Waals surface area (Å²) in [4.78, 5) is 11.5. The zero-order valence-corrected chi connectivity index (χ0v) is 16.6. The number of hydrogen-bond donors (Lipinski definition) is 2. The van der Waals surface area contributed by atoms with Crippen LogP contribution in [0.5, 0.6) is 0 Å². The van der Waals surface area contributed by atoms with Gasteiger partial charge in [-0.15, -0.1) is 0 Å². The Balaban J connectivity index is 1.76. The van der Waals surface area contributed by atoms with Crippen LogP contribution in [0.3, 0.4) is 0 Å². The van der Waals surface area contributed by atoms with Crippen LogP contribution in [0.25, 0.3) is 16.6 Å². The smallest absolute Gasteiger partial charge is 0.324 e. The molecule has 1 aromatic heterocycles. The Morgan fingerprint density at radius 3 is 2.43 bits per heavy atom. The van der Waals surface area contributed by atoms with Gasteiger partial charge in [0.05, 0.1) is 28.6 Å². The second-order valence-corrected chi connectivity index (χ2v) is 7.95. The molecule has 2 N–H and O–H groups in total. The van der Waals surface area contributed by atoms with Gasteiger partial charge in [0.1, 0.15) is 5.82 Å². The number of aryl methyl sites for hydroxylation is 1. The highest BCUT2D eigenvalue weighted by Gasteiger charge is 2.47. The van der Waals surface area contributed by atoms with Gasteiger partial charge in [-0.1, -0.05) is 19.1 Å². The SMILES string of the molecule is CCc1nn(-c2ccc(F)cc2)c2cc(C3(O)CCC(C#N)(C(=O)O)CC3)ccc12. The summed E-state index contributed by atoms with van der Waals surface area (Å²) in [7, 11) is 0. The quantitative estimate of drug-likeness (QED) is 0.679. The molecule has 1 saturated carbocycles. The molecule has 0 amide bonds. The van der Waals surface area contributed by atoms with Crippen LogP contribution >= 0.6 is 0 Å². The van der Waals surface area contributed by atoms with E-state index in [0.717, 1.165) is 23.0 Å². The molecule has 30 heavy (non-hydrogen) atoms. The fraction of sp³-hybridized carbons (Fsp3) is 0.348. The second-order valence-electron chi connectivity index (χ2n) is 7.95. The number of aliphatic hydroxyl groups is 1. The summed E-state index contributed by atoms with van der Waals surface area (Å²) in [6, 6.07) is 13.6. The van der Waals surface area contributed by atoms with E-state index in [0.29, 0.717) is 11.3 Å². The summed E-state index contributed by atoms with van der Waals surface area (Å²) in [5.74, 6) is -1.47. The molecule has 0 radical (unpaired) electrons. The molecule has 0 unspecified atom stereocenters. The van der Waals surface area contributed by atoms with Gasteiger partial charge < -0.3 is 10.2 Å². The third kappa shape index (κ3) is 3.14. The molecular weight excluding hydrogens is 385 g/mol. The molecule has 4 rings (SSSR count). The number of hydrogen-bond acceptors (Lipinski definition) is 4. The largest absolute Gasteiger partial charge is 0.480 e. The van der Waals surface area contributed by atoms with Crippen LogP contribution < -0.4 is 0 Å². The minimum atomic E-state index is -1.44. The van der Waals surface area contributed by atoms with E-state index in [1.165, 1.54) is 12.1 Å². The van der Waals surface area contributed by atoms with Gasteiger partial charge in [0, 0.05) is 5.39 Å². The lowest BCUT2D eigenvalue weighted by Crippen LogP contribution is -2.40. The van der Waals surface area contributed by atoms with Crippen LogP contribution in [-0.4, -0.2) is 26.0 Å². The van der Waals surface area contributed by atoms with Gasteiger partial charge in [-0.05, 0) is 68.0 Å². The van der Waals surface area contributed by atoms with E-state index >= 15 is 0 Å². The molecule has 0 saturated heterocycles. The molecule has 7 heteroatoms. The first-order valence-electron chi connectivity index (χ1n) is 9.97. The Bertz CT molecular complexity index is 1150. The molecule has 154 valence electrons. The van der Waals surface area contributed by atoms with E-state index in [2.05, 4.69) is 5.10 Å². The number of nitriles is 1. The molecule has 1 aliphatic carbocycles. The Morgan fingerprint density at radius 2 is 1.87 bits per heavy atom. The maximum Gasteiger partial charge on any atom is 0.324 e. The average Bonchev–Trinajstić information content (AvgIpc) is 3.13. The lowest BCUT2D eigenvalue weighted by atomic mass is 9.67. The number of rotatable bonds is 4. The molecule has 0 bridgehead atoms. The number of aromatic nitrogens is 2. The van der Waals surface area contributed by atoms with E-state index in [9.17, 15) is 24.7 Å². The number of carboxylic acids is 1. The van der Waals surface area contributed by atoms with E-state index in [4.69, 9.17) is 0 Å². The minimum absolute atomic E-state index is 0.0881. The number of benzene rings is 2. The average molecular weight is 407 g/mol. The Hall–Kier alpha value is -3.24. The highest BCUT2D eigenvalue weighted by atomic mass is 19.1. The van der Waals surface area contributed by atoms with Gasteiger partial charge in [-0.25, -0.2) is 9.07 Å². The molecule has 1 fully saturated rings. The number of halogens is 1. The fourth-order valence-corrected chi connectivity index (χ4v) is 4.26. The molecule has 0 atom stereocenters. The number of fused-ring (bicyclic) bond motifs is 1. The van der Waals surface area contributed by atoms with E-state index in [1.807, 2.05) is 31.2 Å². The molecule has 0 spiro atoms. The molecule has 0 aliphatic heterocycles. The third-order valence-electron chi connectivity index (χ3n) is 6.26. The first kappa shape index (κ1) is 20.0. The molecule has 3 aromatic rings. The Labute approximate surface area is 173 Å². The molecular formula is C23H22FN3O3. The predicted molar refractivity (Wildman–Crippen MR) is 108 cm³/mol. The summed E-state index contributed by atoms with van der Waals surface area (Å²) >= 11 is 0. The molecule has 1 aliphatic rings. The minimum Gasteiger partial charge on any atom is -0.480 e. The Kier molecular flexibility index (Phi) is 4.83. The van der Waals surface area contributed by atoms with Crippen molar-refractivity contribution in [2.24, 2.45) is 5.41 Å². The van der Waals surface area contributed by atoms with Gasteiger partial charge in [0.25, 0.3) is 0 Å². The van der Waals surface area contributed by atoms with Crippen molar-refractivity contribution in [2.45, 2.75) is 44.6 Å². The summed E-state index contributed by atoms with van der Waals surface area (Å²) in [5.41, 5.74) is 0.405. The van der Waals surface area contributed by atoms with Crippen LogP contribution in [0.4, 0.5) is 4.39 Å². The molecule has 2 aromatic carbocycles. The predicted octanol–water partition coefficient (Wildman–Crippen LogP) is 4.08. The first-order valence-corrected chi connectivity index (χ1v) is 9.97. The zero-order chi connectivity index (χ0) is 21.5. The molecule has 1 heterocycles. The van der Waals surface area contributed by atoms with Crippen LogP contribution in [0.15, 0.2) is 42.5 Å². The van der Waals surface area contributed by atoms with Gasteiger partial charge in [0.2, 0.25) is 0 Å². The lowest BCUT2D eigenvalue weighted by molar-refractivity contribution is -0.150. The monoisotopic (exact) mass is 407 g/mol. The van der Waals surface area contributed by atoms with Crippen molar-refractivity contribution in [2.75, 3.05) is 0 Å². The van der Waals surface area contributed by atoms with Gasteiger partial charge in [0.15, 0.2) is 5.41 Å². The number of carbonyl (C=O) groups is 1. The summed E-state index contributed by atoms with van der Waals surface area (Å²) in [5, 5.41) is 35.7. The maximum absolute atomic E-state index is 13.4. The van der Waals surface area contributed by atoms with E-state index in [1.54, 1.807) is 16.8 Å². The van der Waals surface area contributed by atoms with Crippen molar-refractivity contribution in [3.05, 3.63) is 59.5 Å². The van der Waals surface area contributed by atoms with Crippen molar-refractivity contribution >= 4 is 16.9 Å². The maximum atomic E-state index is 13.4. The van der Waals surface area contributed by atoms with E-state index in [-0.39, 0.29) is 31.5 Å². The van der Waals surface area contributed by atoms with Crippen molar-refractivity contribution in [3.63, 3.8) is 0 Å². The topological polar surface area (TPSA) is 99.1 Å². The standard InChI is InChI=1S/C23H22FN3O3/c1-2-19-18-8-3-15(23(30)11-9-22(14-25,10-12-23)21(28)29)13-20(18)27(26-19)17-6-4-16(24)5-7-17/h3-8,13,30H,2,9-12H2,1H3,(H,28,29). The summed E-state index contributed by atoms with van der Waals surface area (Å²) in [6.45, 7) is 2.01. The van der Waals surface area contributed by atoms with Crippen molar-refractivity contribution in [1.82, 2.24) is 9.78 Å². The van der Waals surface area contributed by atoms with E-state index < -0.39 is 17.0 Å². The number of carboxylic acid groups (broad SMARTS) is 1. The van der Waals surface area contributed by atoms with Crippen LogP contribution in [-0.2, 0) is 16.8 Å². The van der Waals surface area contributed by atoms with Gasteiger partial charge in [-0.2, -0.15) is 10.4 Å². The van der Waals surface area contributed by atoms with Gasteiger partial charge >= 0.3 is 5.97 Å². The normalized spacial score (nSPS) is 23.9. The molecule has 6 nitrogen and oxygen atoms in total. The highest BCUT2D eigenvalue weighted by molar-refractivity contribution is 5.84. The van der Waals surface area contributed by atoms with Gasteiger partial charge in [-0.3, -0.25) is 4.79 Å². The van der Waals surface area contributed by atoms with Crippen molar-refractivity contribution < 1.29 is 19.4 Å². The first-order chi connectivity index (χ1) is 14.3. The van der Waals surface area contributed by atoms with Crippen LogP contribution in [0.1, 0.15) is 43.9 Å². The Morgan fingerprint density at radius 1 is 1.20 bits per heavy atom. The highest BCUT2D eigenvalue weighted by Crippen LogP contribution is 2.46. The summed E-state index contributed by atoms with van der Waals surface area (Å²) < 4.78 is 15.1. The zero-order valence-electron chi connectivity index (χ0n) is 16.6. The number of aliphatic carboxylic acids is 1.